The number of primary amides is 1. The molecule has 15 heavy (non-hydrogen) atoms. The maximum absolute atomic E-state index is 11.4. The Bertz CT molecular complexity index is 244. The second-order valence-corrected chi connectivity index (χ2v) is 2.97. The number of amides is 2. The van der Waals surface area contributed by atoms with Gasteiger partial charge in [0.2, 0.25) is 11.8 Å². The highest BCUT2D eigenvalue weighted by Gasteiger charge is 2.27. The van der Waals surface area contributed by atoms with Crippen molar-refractivity contribution in [3.05, 3.63) is 4.91 Å². The summed E-state index contributed by atoms with van der Waals surface area (Å²) in [6.07, 6.45) is 0.415. The predicted molar refractivity (Wildman–Crippen MR) is 52.2 cm³/mol. The molecule has 2 amide bonds. The first-order valence-electron chi connectivity index (χ1n) is 4.64. The summed E-state index contributed by atoms with van der Waals surface area (Å²) in [6.45, 7) is 1.46. The lowest BCUT2D eigenvalue weighted by Crippen LogP contribution is -2.44. The summed E-state index contributed by atoms with van der Waals surface area (Å²) in [5.74, 6) is -1.38. The molecule has 0 aromatic carbocycles. The number of aliphatic hydroxyl groups excluding tert-OH is 1. The van der Waals surface area contributed by atoms with Gasteiger partial charge in [-0.3, -0.25) is 9.59 Å². The van der Waals surface area contributed by atoms with E-state index in [4.69, 9.17) is 10.8 Å². The van der Waals surface area contributed by atoms with E-state index >= 15 is 0 Å². The van der Waals surface area contributed by atoms with Gasteiger partial charge in [-0.2, -0.15) is 5.01 Å². The van der Waals surface area contributed by atoms with Gasteiger partial charge in [0.05, 0.1) is 5.29 Å². The number of hydrogen-bond donors (Lipinski definition) is 2. The van der Waals surface area contributed by atoms with Crippen molar-refractivity contribution in [2.45, 2.75) is 32.2 Å². The van der Waals surface area contributed by atoms with E-state index in [9.17, 15) is 14.5 Å². The second kappa shape index (κ2) is 6.88. The summed E-state index contributed by atoms with van der Waals surface area (Å²) in [7, 11) is 0. The van der Waals surface area contributed by atoms with Gasteiger partial charge < -0.3 is 10.8 Å². The topological polar surface area (TPSA) is 113 Å². The Morgan fingerprint density at radius 3 is 2.47 bits per heavy atom. The monoisotopic (exact) mass is 217 g/mol. The number of carbonyl (C=O) groups is 2. The van der Waals surface area contributed by atoms with Crippen LogP contribution < -0.4 is 5.73 Å². The lowest BCUT2D eigenvalue weighted by atomic mass is 10.2. The third kappa shape index (κ3) is 4.03. The van der Waals surface area contributed by atoms with E-state index in [1.807, 2.05) is 0 Å². The van der Waals surface area contributed by atoms with E-state index in [0.29, 0.717) is 5.01 Å². The molecule has 0 aliphatic rings. The molecule has 0 heterocycles. The van der Waals surface area contributed by atoms with Crippen LogP contribution in [-0.4, -0.2) is 34.6 Å². The van der Waals surface area contributed by atoms with Crippen LogP contribution in [0.2, 0.25) is 0 Å². The van der Waals surface area contributed by atoms with Gasteiger partial charge in [0.15, 0.2) is 0 Å². The molecular formula is C8H15N3O4. The number of nitroso groups, excluding NO2 is 1. The van der Waals surface area contributed by atoms with Crippen LogP contribution in [-0.2, 0) is 9.59 Å². The van der Waals surface area contributed by atoms with Crippen molar-refractivity contribution in [2.75, 3.05) is 6.61 Å². The Morgan fingerprint density at radius 1 is 1.53 bits per heavy atom. The standard InChI is InChI=1S/C8H15N3O4/c1-2-6(8(9)14)11(10-15)7(13)4-3-5-12/h6,12H,2-5H2,1H3,(H2,9,14)/t6-/m0/s1. The normalized spacial score (nSPS) is 11.9. The fourth-order valence-corrected chi connectivity index (χ4v) is 1.12. The van der Waals surface area contributed by atoms with Crippen molar-refractivity contribution >= 4 is 11.8 Å². The van der Waals surface area contributed by atoms with Gasteiger partial charge in [-0.1, -0.05) is 6.92 Å². The average Bonchev–Trinajstić information content (AvgIpc) is 2.21. The first-order chi connectivity index (χ1) is 7.08. The highest BCUT2D eigenvalue weighted by molar-refractivity contribution is 5.86. The quantitative estimate of drug-likeness (QED) is 0.443. The molecule has 0 aliphatic carbocycles. The van der Waals surface area contributed by atoms with Crippen molar-refractivity contribution in [2.24, 2.45) is 11.0 Å². The largest absolute Gasteiger partial charge is 0.396 e. The second-order valence-electron chi connectivity index (χ2n) is 2.97. The minimum Gasteiger partial charge on any atom is -0.396 e. The molecule has 0 saturated heterocycles. The van der Waals surface area contributed by atoms with Crippen molar-refractivity contribution in [1.82, 2.24) is 5.01 Å². The van der Waals surface area contributed by atoms with Crippen molar-refractivity contribution in [3.8, 4) is 0 Å². The van der Waals surface area contributed by atoms with Crippen LogP contribution >= 0.6 is 0 Å². The van der Waals surface area contributed by atoms with Crippen molar-refractivity contribution < 1.29 is 14.7 Å². The van der Waals surface area contributed by atoms with Crippen LogP contribution in [0.15, 0.2) is 5.29 Å². The Kier molecular flexibility index (Phi) is 6.19. The van der Waals surface area contributed by atoms with Gasteiger partial charge >= 0.3 is 0 Å². The summed E-state index contributed by atoms with van der Waals surface area (Å²) < 4.78 is 0. The molecule has 0 bridgehead atoms. The van der Waals surface area contributed by atoms with Crippen LogP contribution in [0.3, 0.4) is 0 Å². The Hall–Kier alpha value is -1.50. The molecule has 7 nitrogen and oxygen atoms in total. The van der Waals surface area contributed by atoms with E-state index in [0.717, 1.165) is 0 Å². The molecule has 3 N–H and O–H groups in total. The molecule has 0 radical (unpaired) electrons. The Labute approximate surface area is 87.2 Å². The molecule has 1 atom stereocenters. The summed E-state index contributed by atoms with van der Waals surface area (Å²) in [5, 5.41) is 11.5. The molecule has 0 spiro atoms. The fourth-order valence-electron chi connectivity index (χ4n) is 1.12. The smallest absolute Gasteiger partial charge is 0.246 e. The molecule has 0 aromatic rings. The van der Waals surface area contributed by atoms with E-state index in [1.54, 1.807) is 6.92 Å². The van der Waals surface area contributed by atoms with Gasteiger partial charge in [-0.05, 0) is 12.8 Å². The SMILES string of the molecule is CC[C@@H](C(N)=O)N(N=O)C(=O)CCCO. The number of hydrogen-bond acceptors (Lipinski definition) is 5. The highest BCUT2D eigenvalue weighted by atomic mass is 16.3. The van der Waals surface area contributed by atoms with E-state index in [2.05, 4.69) is 5.29 Å². The zero-order valence-electron chi connectivity index (χ0n) is 8.55. The molecule has 86 valence electrons. The molecule has 0 aliphatic heterocycles. The Morgan fingerprint density at radius 2 is 2.13 bits per heavy atom. The summed E-state index contributed by atoms with van der Waals surface area (Å²) in [6, 6.07) is -1.01. The number of rotatable bonds is 7. The fraction of sp³-hybridized carbons (Fsp3) is 0.750. The van der Waals surface area contributed by atoms with Gasteiger partial charge in [0, 0.05) is 13.0 Å². The zero-order chi connectivity index (χ0) is 11.8. The highest BCUT2D eigenvalue weighted by Crippen LogP contribution is 2.07. The van der Waals surface area contributed by atoms with Crippen molar-refractivity contribution in [3.63, 3.8) is 0 Å². The summed E-state index contributed by atoms with van der Waals surface area (Å²) >= 11 is 0. The van der Waals surface area contributed by atoms with Crippen molar-refractivity contribution in [1.29, 1.82) is 0 Å². The molecular weight excluding hydrogens is 202 g/mol. The maximum Gasteiger partial charge on any atom is 0.246 e. The lowest BCUT2D eigenvalue weighted by Gasteiger charge is -2.20. The molecule has 0 saturated carbocycles. The van der Waals surface area contributed by atoms with Gasteiger partial charge in [0.25, 0.3) is 0 Å². The molecule has 0 rings (SSSR count). The lowest BCUT2D eigenvalue weighted by molar-refractivity contribution is -0.139. The van der Waals surface area contributed by atoms with E-state index < -0.39 is 17.9 Å². The number of nitrogens with zero attached hydrogens (tertiary/aromatic N) is 2. The summed E-state index contributed by atoms with van der Waals surface area (Å²) in [4.78, 5) is 32.6. The third-order valence-electron chi connectivity index (χ3n) is 1.90. The maximum atomic E-state index is 11.4. The first kappa shape index (κ1) is 13.5. The predicted octanol–water partition coefficient (Wildman–Crippen LogP) is -0.467. The van der Waals surface area contributed by atoms with Crippen LogP contribution in [0.4, 0.5) is 0 Å². The van der Waals surface area contributed by atoms with Gasteiger partial charge in [-0.15, -0.1) is 4.91 Å². The van der Waals surface area contributed by atoms with Crippen LogP contribution in [0.25, 0.3) is 0 Å². The van der Waals surface area contributed by atoms with E-state index in [1.165, 1.54) is 0 Å². The minimum atomic E-state index is -1.01. The summed E-state index contributed by atoms with van der Waals surface area (Å²) in [5.41, 5.74) is 5.01. The van der Waals surface area contributed by atoms with Crippen LogP contribution in [0.5, 0.6) is 0 Å². The van der Waals surface area contributed by atoms with Crippen LogP contribution in [0.1, 0.15) is 26.2 Å². The Balaban J connectivity index is 4.50. The first-order valence-corrected chi connectivity index (χ1v) is 4.64. The number of carbonyl (C=O) groups excluding carboxylic acids is 2. The third-order valence-corrected chi connectivity index (χ3v) is 1.90. The molecule has 0 fully saturated rings. The number of aliphatic hydroxyl groups is 1. The zero-order valence-corrected chi connectivity index (χ0v) is 8.55. The molecule has 0 unspecified atom stereocenters. The van der Waals surface area contributed by atoms with E-state index in [-0.39, 0.29) is 25.9 Å². The minimum absolute atomic E-state index is 0.0357. The molecule has 0 aromatic heterocycles. The van der Waals surface area contributed by atoms with Crippen LogP contribution in [0, 0.1) is 4.91 Å². The van der Waals surface area contributed by atoms with Gasteiger partial charge in [-0.25, -0.2) is 0 Å². The molecule has 7 heteroatoms. The number of nitrogens with two attached hydrogens (primary N) is 1. The average molecular weight is 217 g/mol. The van der Waals surface area contributed by atoms with Gasteiger partial charge in [0.1, 0.15) is 6.04 Å².